The van der Waals surface area contributed by atoms with Gasteiger partial charge < -0.3 is 19.8 Å². The highest BCUT2D eigenvalue weighted by Crippen LogP contribution is 2.20. The summed E-state index contributed by atoms with van der Waals surface area (Å²) in [6.07, 6.45) is 6.76. The van der Waals surface area contributed by atoms with E-state index in [2.05, 4.69) is 10.6 Å². The third-order valence-electron chi connectivity index (χ3n) is 6.20. The highest BCUT2D eigenvalue weighted by Gasteiger charge is 2.29. The second kappa shape index (κ2) is 14.7. The van der Waals surface area contributed by atoms with Crippen LogP contribution in [0.25, 0.3) is 0 Å². The lowest BCUT2D eigenvalue weighted by Crippen LogP contribution is -2.53. The Balaban J connectivity index is 1.63. The zero-order chi connectivity index (χ0) is 25.8. The zero-order valence-corrected chi connectivity index (χ0v) is 22.1. The minimum absolute atomic E-state index is 0.0724. The molecule has 1 saturated carbocycles. The molecule has 1 aliphatic rings. The van der Waals surface area contributed by atoms with Crippen LogP contribution in [-0.2, 0) is 26.5 Å². The van der Waals surface area contributed by atoms with Crippen LogP contribution < -0.4 is 10.6 Å². The number of hydrogen-bond acceptors (Lipinski definition) is 6. The summed E-state index contributed by atoms with van der Waals surface area (Å²) >= 11 is 1.45. The van der Waals surface area contributed by atoms with E-state index in [4.69, 9.17) is 9.15 Å². The van der Waals surface area contributed by atoms with E-state index in [0.717, 1.165) is 43.4 Å². The smallest absolute Gasteiger partial charge is 0.408 e. The van der Waals surface area contributed by atoms with Crippen molar-refractivity contribution in [1.82, 2.24) is 10.6 Å². The van der Waals surface area contributed by atoms with Crippen molar-refractivity contribution >= 4 is 29.5 Å². The number of amides is 2. The number of carbonyl (C=O) groups excluding carboxylic acids is 3. The molecule has 7 nitrogen and oxygen atoms in total. The van der Waals surface area contributed by atoms with Crippen molar-refractivity contribution in [2.45, 2.75) is 82.7 Å². The minimum Gasteiger partial charge on any atom is -0.468 e. The van der Waals surface area contributed by atoms with Crippen LogP contribution in [0.1, 0.15) is 63.7 Å². The molecule has 1 aromatic carbocycles. The summed E-state index contributed by atoms with van der Waals surface area (Å²) in [4.78, 5) is 39.1. The summed E-state index contributed by atoms with van der Waals surface area (Å²) in [6.45, 7) is 3.98. The average molecular weight is 515 g/mol. The maximum atomic E-state index is 13.3. The Morgan fingerprint density at radius 1 is 1.00 bits per heavy atom. The van der Waals surface area contributed by atoms with E-state index in [0.29, 0.717) is 18.6 Å². The van der Waals surface area contributed by atoms with Gasteiger partial charge >= 0.3 is 6.09 Å². The fourth-order valence-electron chi connectivity index (χ4n) is 4.33. The van der Waals surface area contributed by atoms with Crippen LogP contribution in [0.15, 0.2) is 53.1 Å². The first-order valence-corrected chi connectivity index (χ1v) is 14.0. The summed E-state index contributed by atoms with van der Waals surface area (Å²) < 4.78 is 10.9. The van der Waals surface area contributed by atoms with Gasteiger partial charge in [0.2, 0.25) is 5.91 Å². The van der Waals surface area contributed by atoms with Gasteiger partial charge in [-0.15, -0.1) is 11.8 Å². The molecule has 2 N–H and O–H groups in total. The summed E-state index contributed by atoms with van der Waals surface area (Å²) in [5, 5.41) is 5.69. The quantitative estimate of drug-likeness (QED) is 0.377. The predicted octanol–water partition coefficient (Wildman–Crippen LogP) is 5.28. The van der Waals surface area contributed by atoms with Gasteiger partial charge in [-0.25, -0.2) is 4.79 Å². The summed E-state index contributed by atoms with van der Waals surface area (Å²) in [5.74, 6) is 1.35. The SMILES string of the molecule is CC(C)CC(NC(=O)OC1CCCCC1)C(=O)NC(Cc1ccccc1)C(=O)CSCc1ccco1. The molecule has 0 spiro atoms. The first-order valence-electron chi connectivity index (χ1n) is 12.8. The Labute approximate surface area is 218 Å². The van der Waals surface area contributed by atoms with Gasteiger partial charge in [0.25, 0.3) is 0 Å². The molecule has 3 rings (SSSR count). The first kappa shape index (κ1) is 27.8. The van der Waals surface area contributed by atoms with E-state index in [1.807, 2.05) is 56.3 Å². The maximum absolute atomic E-state index is 13.3. The molecule has 2 amide bonds. The van der Waals surface area contributed by atoms with Gasteiger partial charge in [0.1, 0.15) is 17.9 Å². The standard InChI is InChI=1S/C28H38N2O5S/c1-20(2)16-25(30-28(33)35-22-12-7-4-8-13-22)27(32)29-24(17-21-10-5-3-6-11-21)26(31)19-36-18-23-14-9-15-34-23/h3,5-6,9-11,14-15,20,22,24-25H,4,7-8,12-13,16-19H2,1-2H3,(H,29,32)(H,30,33). The molecule has 1 heterocycles. The van der Waals surface area contributed by atoms with Crippen LogP contribution in [0.4, 0.5) is 4.79 Å². The Hall–Kier alpha value is -2.74. The number of ketones is 1. The summed E-state index contributed by atoms with van der Waals surface area (Å²) in [5.41, 5.74) is 0.956. The molecule has 2 unspecified atom stereocenters. The average Bonchev–Trinajstić information content (AvgIpc) is 3.37. The predicted molar refractivity (Wildman–Crippen MR) is 142 cm³/mol. The second-order valence-electron chi connectivity index (χ2n) is 9.78. The largest absolute Gasteiger partial charge is 0.468 e. The molecule has 8 heteroatoms. The topological polar surface area (TPSA) is 97.6 Å². The Morgan fingerprint density at radius 2 is 1.75 bits per heavy atom. The molecule has 0 radical (unpaired) electrons. The lowest BCUT2D eigenvalue weighted by molar-refractivity contribution is -0.128. The maximum Gasteiger partial charge on any atom is 0.408 e. The highest BCUT2D eigenvalue weighted by molar-refractivity contribution is 7.99. The van der Waals surface area contributed by atoms with Gasteiger partial charge in [-0.05, 0) is 62.1 Å². The highest BCUT2D eigenvalue weighted by atomic mass is 32.2. The molecule has 36 heavy (non-hydrogen) atoms. The summed E-state index contributed by atoms with van der Waals surface area (Å²) in [6, 6.07) is 11.8. The van der Waals surface area contributed by atoms with E-state index in [1.165, 1.54) is 11.8 Å². The van der Waals surface area contributed by atoms with Crippen LogP contribution in [-0.4, -0.2) is 41.7 Å². The molecule has 1 aromatic heterocycles. The normalized spacial score (nSPS) is 15.8. The molecule has 0 saturated heterocycles. The fraction of sp³-hybridized carbons (Fsp3) is 0.536. The zero-order valence-electron chi connectivity index (χ0n) is 21.2. The fourth-order valence-corrected chi connectivity index (χ4v) is 5.20. The molecule has 2 aromatic rings. The van der Waals surface area contributed by atoms with Gasteiger partial charge in [0, 0.05) is 0 Å². The van der Waals surface area contributed by atoms with Gasteiger partial charge in [0.05, 0.1) is 23.8 Å². The van der Waals surface area contributed by atoms with Gasteiger partial charge in [0.15, 0.2) is 5.78 Å². The van der Waals surface area contributed by atoms with Crippen LogP contribution in [0.3, 0.4) is 0 Å². The van der Waals surface area contributed by atoms with Gasteiger partial charge in [-0.3, -0.25) is 9.59 Å². The molecule has 2 atom stereocenters. The number of carbonyl (C=O) groups is 3. The van der Waals surface area contributed by atoms with E-state index >= 15 is 0 Å². The molecule has 1 fully saturated rings. The number of furan rings is 1. The number of benzene rings is 1. The van der Waals surface area contributed by atoms with Crippen molar-refractivity contribution in [1.29, 1.82) is 0 Å². The molecule has 196 valence electrons. The Bertz CT molecular complexity index is 942. The number of Topliss-reactive ketones (excluding diaryl/α,β-unsaturated/α-hetero) is 1. The molecule has 0 aliphatic heterocycles. The van der Waals surface area contributed by atoms with Gasteiger partial charge in [-0.1, -0.05) is 50.6 Å². The van der Waals surface area contributed by atoms with E-state index in [1.54, 1.807) is 6.26 Å². The van der Waals surface area contributed by atoms with E-state index < -0.39 is 18.2 Å². The van der Waals surface area contributed by atoms with Crippen molar-refractivity contribution in [3.63, 3.8) is 0 Å². The number of ether oxygens (including phenoxy) is 1. The van der Waals surface area contributed by atoms with Crippen LogP contribution in [0.5, 0.6) is 0 Å². The van der Waals surface area contributed by atoms with Crippen molar-refractivity contribution in [2.75, 3.05) is 5.75 Å². The molecular weight excluding hydrogens is 476 g/mol. The Morgan fingerprint density at radius 3 is 2.42 bits per heavy atom. The van der Waals surface area contributed by atoms with Crippen molar-refractivity contribution in [3.8, 4) is 0 Å². The number of alkyl carbamates (subject to hydrolysis) is 1. The van der Waals surface area contributed by atoms with E-state index in [-0.39, 0.29) is 29.5 Å². The van der Waals surface area contributed by atoms with E-state index in [9.17, 15) is 14.4 Å². The summed E-state index contributed by atoms with van der Waals surface area (Å²) in [7, 11) is 0. The van der Waals surface area contributed by atoms with Gasteiger partial charge in [-0.2, -0.15) is 0 Å². The van der Waals surface area contributed by atoms with Crippen molar-refractivity contribution in [3.05, 3.63) is 60.1 Å². The third kappa shape index (κ3) is 9.72. The van der Waals surface area contributed by atoms with Crippen molar-refractivity contribution in [2.24, 2.45) is 5.92 Å². The monoisotopic (exact) mass is 514 g/mol. The van der Waals surface area contributed by atoms with Crippen LogP contribution >= 0.6 is 11.8 Å². The number of rotatable bonds is 13. The minimum atomic E-state index is -0.775. The molecule has 0 bridgehead atoms. The number of nitrogens with one attached hydrogen (secondary N) is 2. The molecular formula is C28H38N2O5S. The number of thioether (sulfide) groups is 1. The first-order chi connectivity index (χ1) is 17.4. The Kier molecular flexibility index (Phi) is 11.4. The second-order valence-corrected chi connectivity index (χ2v) is 10.8. The molecule has 1 aliphatic carbocycles. The lowest BCUT2D eigenvalue weighted by Gasteiger charge is -2.26. The third-order valence-corrected chi connectivity index (χ3v) is 7.18. The van der Waals surface area contributed by atoms with Crippen LogP contribution in [0.2, 0.25) is 0 Å². The number of hydrogen-bond donors (Lipinski definition) is 2. The van der Waals surface area contributed by atoms with Crippen molar-refractivity contribution < 1.29 is 23.5 Å². The lowest BCUT2D eigenvalue weighted by atomic mass is 9.98. The van der Waals surface area contributed by atoms with Crippen LogP contribution in [0, 0.1) is 5.92 Å².